The van der Waals surface area contributed by atoms with Gasteiger partial charge in [-0.25, -0.2) is 5.01 Å². The molecule has 4 nitrogen and oxygen atoms in total. The molecule has 0 bridgehead atoms. The van der Waals surface area contributed by atoms with Crippen molar-refractivity contribution >= 4 is 11.6 Å². The highest BCUT2D eigenvalue weighted by Crippen LogP contribution is 2.15. The summed E-state index contributed by atoms with van der Waals surface area (Å²) < 4.78 is 0. The number of amides is 1. The fourth-order valence-corrected chi connectivity index (χ4v) is 2.22. The minimum atomic E-state index is 0.148. The number of unbranched alkanes of at least 4 members (excludes halogenated alkanes) is 3. The summed E-state index contributed by atoms with van der Waals surface area (Å²) >= 11 is 0. The van der Waals surface area contributed by atoms with Crippen molar-refractivity contribution in [2.45, 2.75) is 45.4 Å². The molecule has 19 heavy (non-hydrogen) atoms. The predicted molar refractivity (Wildman–Crippen MR) is 75.9 cm³/mol. The molecule has 0 saturated heterocycles. The van der Waals surface area contributed by atoms with Crippen molar-refractivity contribution in [3.63, 3.8) is 0 Å². The molecule has 0 atom stereocenters. The molecule has 1 aromatic rings. The van der Waals surface area contributed by atoms with Gasteiger partial charge >= 0.3 is 0 Å². The Morgan fingerprint density at radius 2 is 1.95 bits per heavy atom. The summed E-state index contributed by atoms with van der Waals surface area (Å²) in [6, 6.07) is 3.90. The first-order chi connectivity index (χ1) is 9.31. The van der Waals surface area contributed by atoms with Crippen molar-refractivity contribution in [2.75, 3.05) is 6.54 Å². The number of carbonyl (C=O) groups is 1. The average Bonchev–Trinajstić information content (AvgIpc) is 2.46. The Labute approximate surface area is 114 Å². The lowest BCUT2D eigenvalue weighted by molar-refractivity contribution is -0.131. The molecule has 0 spiro atoms. The van der Waals surface area contributed by atoms with Gasteiger partial charge in [0.15, 0.2) is 0 Å². The zero-order valence-corrected chi connectivity index (χ0v) is 11.5. The smallest absolute Gasteiger partial charge is 0.243 e. The van der Waals surface area contributed by atoms with E-state index in [4.69, 9.17) is 0 Å². The van der Waals surface area contributed by atoms with Crippen molar-refractivity contribution < 1.29 is 4.79 Å². The molecule has 0 aliphatic carbocycles. The summed E-state index contributed by atoms with van der Waals surface area (Å²) in [5, 5.41) is 6.15. The van der Waals surface area contributed by atoms with Crippen molar-refractivity contribution in [3.05, 3.63) is 30.1 Å². The van der Waals surface area contributed by atoms with E-state index in [1.807, 2.05) is 12.1 Å². The highest BCUT2D eigenvalue weighted by molar-refractivity contribution is 6.04. The SMILES string of the molecule is CCCCCCN1N=C(c2ccncc2)CCC1=O. The first-order valence-corrected chi connectivity index (χ1v) is 7.09. The normalized spacial score (nSPS) is 15.5. The highest BCUT2D eigenvalue weighted by Gasteiger charge is 2.20. The van der Waals surface area contributed by atoms with Gasteiger partial charge in [-0.3, -0.25) is 9.78 Å². The van der Waals surface area contributed by atoms with Crippen LogP contribution in [0, 0.1) is 0 Å². The van der Waals surface area contributed by atoms with E-state index in [1.54, 1.807) is 17.4 Å². The summed E-state index contributed by atoms with van der Waals surface area (Å²) in [6.45, 7) is 2.93. The zero-order chi connectivity index (χ0) is 13.5. The maximum absolute atomic E-state index is 11.8. The van der Waals surface area contributed by atoms with Gasteiger partial charge in [-0.1, -0.05) is 26.2 Å². The third kappa shape index (κ3) is 3.88. The summed E-state index contributed by atoms with van der Waals surface area (Å²) in [4.78, 5) is 15.9. The van der Waals surface area contributed by atoms with Gasteiger partial charge in [0.25, 0.3) is 0 Å². The topological polar surface area (TPSA) is 45.6 Å². The van der Waals surface area contributed by atoms with E-state index in [2.05, 4.69) is 17.0 Å². The van der Waals surface area contributed by atoms with Crippen LogP contribution in [-0.2, 0) is 4.79 Å². The number of hydrazone groups is 1. The number of rotatable bonds is 6. The zero-order valence-electron chi connectivity index (χ0n) is 11.5. The Balaban J connectivity index is 1.99. The Morgan fingerprint density at radius 1 is 1.16 bits per heavy atom. The molecule has 0 aromatic carbocycles. The van der Waals surface area contributed by atoms with E-state index in [9.17, 15) is 4.79 Å². The molecule has 1 aromatic heterocycles. The van der Waals surface area contributed by atoms with Crippen LogP contribution >= 0.6 is 0 Å². The third-order valence-corrected chi connectivity index (χ3v) is 3.34. The molecule has 1 aliphatic heterocycles. The van der Waals surface area contributed by atoms with Gasteiger partial charge in [-0.15, -0.1) is 0 Å². The Hall–Kier alpha value is -1.71. The number of pyridine rings is 1. The van der Waals surface area contributed by atoms with Crippen LogP contribution in [0.5, 0.6) is 0 Å². The van der Waals surface area contributed by atoms with Gasteiger partial charge in [0.2, 0.25) is 5.91 Å². The lowest BCUT2D eigenvalue weighted by Gasteiger charge is -2.23. The minimum Gasteiger partial charge on any atom is -0.273 e. The van der Waals surface area contributed by atoms with Gasteiger partial charge in [0, 0.05) is 37.3 Å². The molecule has 1 amide bonds. The second kappa shape index (κ2) is 7.02. The number of hydrogen-bond acceptors (Lipinski definition) is 3. The lowest BCUT2D eigenvalue weighted by Crippen LogP contribution is -2.32. The first kappa shape index (κ1) is 13.7. The fourth-order valence-electron chi connectivity index (χ4n) is 2.22. The average molecular weight is 259 g/mol. The van der Waals surface area contributed by atoms with Crippen molar-refractivity contribution in [2.24, 2.45) is 5.10 Å². The molecule has 0 saturated carbocycles. The summed E-state index contributed by atoms with van der Waals surface area (Å²) in [5.74, 6) is 0.148. The molecule has 2 heterocycles. The van der Waals surface area contributed by atoms with Crippen LogP contribution in [0.15, 0.2) is 29.6 Å². The van der Waals surface area contributed by atoms with Crippen LogP contribution in [0.25, 0.3) is 0 Å². The van der Waals surface area contributed by atoms with Crippen LogP contribution in [0.4, 0.5) is 0 Å². The Morgan fingerprint density at radius 3 is 2.68 bits per heavy atom. The molecule has 0 radical (unpaired) electrons. The van der Waals surface area contributed by atoms with Gasteiger partial charge < -0.3 is 0 Å². The highest BCUT2D eigenvalue weighted by atomic mass is 16.2. The minimum absolute atomic E-state index is 0.148. The number of nitrogens with zero attached hydrogens (tertiary/aromatic N) is 3. The maximum Gasteiger partial charge on any atom is 0.243 e. The lowest BCUT2D eigenvalue weighted by atomic mass is 10.1. The molecule has 0 fully saturated rings. The molecular weight excluding hydrogens is 238 g/mol. The van der Waals surface area contributed by atoms with Gasteiger partial charge in [0.1, 0.15) is 0 Å². The van der Waals surface area contributed by atoms with Gasteiger partial charge in [0.05, 0.1) is 5.71 Å². The largest absolute Gasteiger partial charge is 0.273 e. The molecule has 102 valence electrons. The molecule has 1 aliphatic rings. The van der Waals surface area contributed by atoms with Crippen molar-refractivity contribution in [1.82, 2.24) is 9.99 Å². The molecule has 2 rings (SSSR count). The number of hydrogen-bond donors (Lipinski definition) is 0. The second-order valence-electron chi connectivity index (χ2n) is 4.86. The van der Waals surface area contributed by atoms with Gasteiger partial charge in [-0.05, 0) is 18.6 Å². The summed E-state index contributed by atoms with van der Waals surface area (Å²) in [7, 11) is 0. The van der Waals surface area contributed by atoms with Crippen LogP contribution in [-0.4, -0.2) is 28.2 Å². The second-order valence-corrected chi connectivity index (χ2v) is 4.86. The Kier molecular flexibility index (Phi) is 5.07. The van der Waals surface area contributed by atoms with Crippen molar-refractivity contribution in [3.8, 4) is 0 Å². The van der Waals surface area contributed by atoms with Crippen LogP contribution in [0.3, 0.4) is 0 Å². The van der Waals surface area contributed by atoms with E-state index in [0.717, 1.165) is 30.7 Å². The fraction of sp³-hybridized carbons (Fsp3) is 0.533. The number of aromatic nitrogens is 1. The number of carbonyl (C=O) groups excluding carboxylic acids is 1. The van der Waals surface area contributed by atoms with E-state index in [1.165, 1.54) is 19.3 Å². The molecule has 0 N–H and O–H groups in total. The van der Waals surface area contributed by atoms with Crippen LogP contribution in [0.2, 0.25) is 0 Å². The summed E-state index contributed by atoms with van der Waals surface area (Å²) in [5.41, 5.74) is 2.07. The van der Waals surface area contributed by atoms with Gasteiger partial charge in [-0.2, -0.15) is 5.10 Å². The van der Waals surface area contributed by atoms with Crippen LogP contribution in [0.1, 0.15) is 51.0 Å². The van der Waals surface area contributed by atoms with E-state index >= 15 is 0 Å². The molecule has 0 unspecified atom stereocenters. The maximum atomic E-state index is 11.8. The monoisotopic (exact) mass is 259 g/mol. The van der Waals surface area contributed by atoms with E-state index in [0.29, 0.717) is 6.42 Å². The third-order valence-electron chi connectivity index (χ3n) is 3.34. The first-order valence-electron chi connectivity index (χ1n) is 7.09. The quantitative estimate of drug-likeness (QED) is 0.737. The van der Waals surface area contributed by atoms with Crippen molar-refractivity contribution in [1.29, 1.82) is 0 Å². The standard InChI is InChI=1S/C15H21N3O/c1-2-3-4-5-12-18-15(19)7-6-14(17-18)13-8-10-16-11-9-13/h8-11H,2-7,12H2,1H3. The van der Waals surface area contributed by atoms with E-state index in [-0.39, 0.29) is 5.91 Å². The molecule has 4 heteroatoms. The summed E-state index contributed by atoms with van der Waals surface area (Å²) in [6.07, 6.45) is 9.46. The predicted octanol–water partition coefficient (Wildman–Crippen LogP) is 2.99. The molecular formula is C15H21N3O. The van der Waals surface area contributed by atoms with Crippen LogP contribution < -0.4 is 0 Å². The Bertz CT molecular complexity index is 442. The van der Waals surface area contributed by atoms with E-state index < -0.39 is 0 Å².